The average molecular weight is 278 g/mol. The van der Waals surface area contributed by atoms with Crippen LogP contribution in [0.15, 0.2) is 39.1 Å². The predicted octanol–water partition coefficient (Wildman–Crippen LogP) is 0.453. The highest BCUT2D eigenvalue weighted by atomic mass is 16.1. The molecule has 8 nitrogen and oxygen atoms in total. The van der Waals surface area contributed by atoms with Gasteiger partial charge in [-0.25, -0.2) is 0 Å². The summed E-state index contributed by atoms with van der Waals surface area (Å²) >= 11 is 0. The van der Waals surface area contributed by atoms with Crippen molar-refractivity contribution < 1.29 is 0 Å². The van der Waals surface area contributed by atoms with Crippen LogP contribution in [0.4, 0.5) is 5.69 Å². The monoisotopic (exact) mass is 278 g/mol. The third kappa shape index (κ3) is 2.35. The van der Waals surface area contributed by atoms with Crippen LogP contribution in [0.5, 0.6) is 0 Å². The minimum atomic E-state index is -0.569. The molecule has 0 aliphatic rings. The molecule has 21 heavy (non-hydrogen) atoms. The van der Waals surface area contributed by atoms with Gasteiger partial charge in [-0.05, 0) is 12.1 Å². The number of aromatic nitrogens is 2. The molecule has 0 fully saturated rings. The zero-order chi connectivity index (χ0) is 15.4. The second-order valence-corrected chi connectivity index (χ2v) is 3.85. The summed E-state index contributed by atoms with van der Waals surface area (Å²) in [6.45, 7) is 0. The molecule has 8 heteroatoms. The Morgan fingerprint density at radius 3 is 2.29 bits per heavy atom. The van der Waals surface area contributed by atoms with Crippen LogP contribution in [0.3, 0.4) is 0 Å². The zero-order valence-corrected chi connectivity index (χ0v) is 10.4. The van der Waals surface area contributed by atoms with Crippen LogP contribution < -0.4 is 16.4 Å². The number of H-pyrrole nitrogens is 2. The number of benzene rings is 1. The van der Waals surface area contributed by atoms with E-state index in [-0.39, 0.29) is 22.2 Å². The summed E-state index contributed by atoms with van der Waals surface area (Å²) in [6.07, 6.45) is 0. The lowest BCUT2D eigenvalue weighted by Gasteiger charge is -2.07. The van der Waals surface area contributed by atoms with E-state index < -0.39 is 16.7 Å². The number of aromatic amines is 2. The molecule has 0 saturated heterocycles. The summed E-state index contributed by atoms with van der Waals surface area (Å²) in [5.41, 5.74) is -1.64. The summed E-state index contributed by atoms with van der Waals surface area (Å²) < 4.78 is 0. The fraction of sp³-hybridized carbons (Fsp3) is 0. The van der Waals surface area contributed by atoms with E-state index in [9.17, 15) is 9.59 Å². The Labute approximate surface area is 117 Å². The van der Waals surface area contributed by atoms with E-state index in [0.29, 0.717) is 0 Å². The van der Waals surface area contributed by atoms with Crippen LogP contribution in [0.1, 0.15) is 0 Å². The number of hydrogen-bond acceptors (Lipinski definition) is 6. The molecule has 1 aromatic carbocycles. The fourth-order valence-electron chi connectivity index (χ4n) is 1.75. The number of anilines is 1. The smallest absolute Gasteiger partial charge is 0.272 e. The maximum absolute atomic E-state index is 11.8. The van der Waals surface area contributed by atoms with Gasteiger partial charge in [0.2, 0.25) is 0 Å². The molecule has 0 saturated carbocycles. The number of allylic oxidation sites excluding steroid dienone is 2. The van der Waals surface area contributed by atoms with Crippen molar-refractivity contribution in [2.75, 3.05) is 5.32 Å². The molecule has 100 valence electrons. The number of fused-ring (bicyclic) bond motifs is 1. The first-order chi connectivity index (χ1) is 10.1. The minimum absolute atomic E-state index is 0.0317. The van der Waals surface area contributed by atoms with Crippen LogP contribution in [0.25, 0.3) is 10.8 Å². The topological polar surface area (TPSA) is 149 Å². The molecule has 0 aliphatic heterocycles. The van der Waals surface area contributed by atoms with Crippen molar-refractivity contribution >= 4 is 16.5 Å². The molecule has 0 aliphatic carbocycles. The number of rotatable bonds is 2. The van der Waals surface area contributed by atoms with Crippen molar-refractivity contribution in [3.05, 3.63) is 50.2 Å². The van der Waals surface area contributed by atoms with Crippen LogP contribution in [0, 0.1) is 34.0 Å². The first kappa shape index (κ1) is 13.6. The molecule has 0 bridgehead atoms. The highest BCUT2D eigenvalue weighted by Crippen LogP contribution is 2.19. The van der Waals surface area contributed by atoms with Crippen molar-refractivity contribution in [2.24, 2.45) is 0 Å². The average Bonchev–Trinajstić information content (AvgIpc) is 2.51. The van der Waals surface area contributed by atoms with E-state index in [2.05, 4.69) is 15.5 Å². The molecule has 2 aromatic rings. The van der Waals surface area contributed by atoms with Gasteiger partial charge < -0.3 is 5.32 Å². The van der Waals surface area contributed by atoms with Crippen molar-refractivity contribution in [1.29, 1.82) is 15.8 Å². The van der Waals surface area contributed by atoms with Crippen molar-refractivity contribution in [2.45, 2.75) is 0 Å². The van der Waals surface area contributed by atoms with E-state index in [1.807, 2.05) is 0 Å². The van der Waals surface area contributed by atoms with Gasteiger partial charge >= 0.3 is 0 Å². The number of nitrogens with one attached hydrogen (secondary N) is 3. The standard InChI is InChI=1S/C13H6N6O2/c14-4-7(5-15)10(6-16)17-9-3-1-2-8-11(9)13(21)19-18-12(8)20/h1-3,17H,(H,18,20)(H,19,21). The van der Waals surface area contributed by atoms with Gasteiger partial charge in [-0.15, -0.1) is 0 Å². The lowest BCUT2D eigenvalue weighted by atomic mass is 10.1. The third-order valence-electron chi connectivity index (χ3n) is 2.67. The Morgan fingerprint density at radius 1 is 1.00 bits per heavy atom. The van der Waals surface area contributed by atoms with Gasteiger partial charge in [0.05, 0.1) is 16.5 Å². The van der Waals surface area contributed by atoms with Crippen molar-refractivity contribution in [1.82, 2.24) is 10.2 Å². The Morgan fingerprint density at radius 2 is 1.67 bits per heavy atom. The van der Waals surface area contributed by atoms with Gasteiger partial charge in [-0.3, -0.25) is 19.8 Å². The molecule has 3 N–H and O–H groups in total. The van der Waals surface area contributed by atoms with Crippen LogP contribution in [-0.4, -0.2) is 10.2 Å². The Balaban J connectivity index is 2.74. The lowest BCUT2D eigenvalue weighted by molar-refractivity contribution is 0.977. The van der Waals surface area contributed by atoms with E-state index in [4.69, 9.17) is 15.8 Å². The maximum Gasteiger partial charge on any atom is 0.272 e. The van der Waals surface area contributed by atoms with Crippen LogP contribution in [0.2, 0.25) is 0 Å². The molecular formula is C13H6N6O2. The molecule has 0 radical (unpaired) electrons. The Kier molecular flexibility index (Phi) is 3.52. The maximum atomic E-state index is 11.8. The van der Waals surface area contributed by atoms with Gasteiger partial charge in [-0.1, -0.05) is 6.07 Å². The Bertz CT molecular complexity index is 975. The molecule has 1 heterocycles. The SMILES string of the molecule is N#CC(C#N)=C(C#N)Nc1cccc2c(=O)[nH][nH]c(=O)c12. The molecular weight excluding hydrogens is 272 g/mol. The van der Waals surface area contributed by atoms with E-state index >= 15 is 0 Å². The third-order valence-corrected chi connectivity index (χ3v) is 2.67. The molecule has 0 unspecified atom stereocenters. The van der Waals surface area contributed by atoms with Crippen molar-refractivity contribution in [3.8, 4) is 18.2 Å². The van der Waals surface area contributed by atoms with Crippen LogP contribution in [-0.2, 0) is 0 Å². The van der Waals surface area contributed by atoms with E-state index in [0.717, 1.165) is 0 Å². The second-order valence-electron chi connectivity index (χ2n) is 3.85. The highest BCUT2D eigenvalue weighted by molar-refractivity contribution is 5.93. The molecule has 2 rings (SSSR count). The van der Waals surface area contributed by atoms with Crippen molar-refractivity contribution in [3.63, 3.8) is 0 Å². The quantitative estimate of drug-likeness (QED) is 0.679. The summed E-state index contributed by atoms with van der Waals surface area (Å²) in [5.74, 6) is 0. The molecule has 0 spiro atoms. The van der Waals surface area contributed by atoms with Gasteiger partial charge in [-0.2, -0.15) is 15.8 Å². The predicted molar refractivity (Wildman–Crippen MR) is 72.7 cm³/mol. The van der Waals surface area contributed by atoms with Gasteiger partial charge in [0, 0.05) is 0 Å². The fourth-order valence-corrected chi connectivity index (χ4v) is 1.75. The summed E-state index contributed by atoms with van der Waals surface area (Å²) in [4.78, 5) is 23.5. The zero-order valence-electron chi connectivity index (χ0n) is 10.4. The first-order valence-electron chi connectivity index (χ1n) is 5.57. The van der Waals surface area contributed by atoms with Gasteiger partial charge in [0.1, 0.15) is 23.9 Å². The van der Waals surface area contributed by atoms with Crippen LogP contribution >= 0.6 is 0 Å². The normalized spacial score (nSPS) is 9.19. The summed E-state index contributed by atoms with van der Waals surface area (Å²) in [5, 5.41) is 33.6. The number of hydrogen-bond donors (Lipinski definition) is 3. The molecule has 1 aromatic heterocycles. The largest absolute Gasteiger partial charge is 0.344 e. The second kappa shape index (κ2) is 5.43. The van der Waals surface area contributed by atoms with Gasteiger partial charge in [0.25, 0.3) is 11.1 Å². The highest BCUT2D eigenvalue weighted by Gasteiger charge is 2.11. The van der Waals surface area contributed by atoms with E-state index in [1.165, 1.54) is 18.2 Å². The van der Waals surface area contributed by atoms with Gasteiger partial charge in [0.15, 0.2) is 5.57 Å². The first-order valence-corrected chi connectivity index (χ1v) is 5.57. The summed E-state index contributed by atoms with van der Waals surface area (Å²) in [6, 6.07) is 9.24. The molecule has 0 atom stereocenters. The number of nitriles is 3. The minimum Gasteiger partial charge on any atom is -0.344 e. The Hall–Kier alpha value is -3.83. The molecule has 0 amide bonds. The number of nitrogens with zero attached hydrogens (tertiary/aromatic N) is 3. The lowest BCUT2D eigenvalue weighted by Crippen LogP contribution is -2.20. The van der Waals surface area contributed by atoms with E-state index in [1.54, 1.807) is 18.2 Å². The summed E-state index contributed by atoms with van der Waals surface area (Å²) in [7, 11) is 0.